The zero-order valence-corrected chi connectivity index (χ0v) is 23.7. The molecule has 1 heterocycles. The predicted octanol–water partition coefficient (Wildman–Crippen LogP) is 2.83. The summed E-state index contributed by atoms with van der Waals surface area (Å²) in [6.45, 7) is 0. The summed E-state index contributed by atoms with van der Waals surface area (Å²) in [5.41, 5.74) is 4.51. The van der Waals surface area contributed by atoms with Crippen molar-refractivity contribution < 1.29 is 34.8 Å². The molecule has 11 heteroatoms. The molecule has 1 amide bonds. The largest absolute Gasteiger partial charge is 0.510 e. The minimum absolute atomic E-state index is 0.00637. The van der Waals surface area contributed by atoms with Crippen molar-refractivity contribution in [2.45, 2.75) is 30.9 Å². The van der Waals surface area contributed by atoms with Crippen LogP contribution in [0.4, 0.5) is 0 Å². The number of nitrogens with zero attached hydrogens (tertiary/aromatic N) is 2. The second-order valence-electron chi connectivity index (χ2n) is 11.2. The molecule has 42 heavy (non-hydrogen) atoms. The van der Waals surface area contributed by atoms with Gasteiger partial charge in [0.2, 0.25) is 5.78 Å². The highest BCUT2D eigenvalue weighted by atomic mass is 32.1. The maximum absolute atomic E-state index is 13.9. The number of benzene rings is 2. The summed E-state index contributed by atoms with van der Waals surface area (Å²) in [6, 6.07) is 12.2. The number of amides is 1. The van der Waals surface area contributed by atoms with Gasteiger partial charge in [-0.05, 0) is 38.4 Å². The van der Waals surface area contributed by atoms with Crippen molar-refractivity contribution in [2.24, 2.45) is 17.6 Å². The molecular formula is C31H29N3O7S. The number of allylic oxidation sites excluding steroid dienone is 1. The zero-order valence-electron chi connectivity index (χ0n) is 22.9. The molecule has 2 aromatic carbocycles. The molecule has 6 N–H and O–H groups in total. The molecule has 3 aliphatic carbocycles. The average molecular weight is 588 g/mol. The van der Waals surface area contributed by atoms with Crippen LogP contribution in [-0.2, 0) is 22.4 Å². The molecule has 0 unspecified atom stereocenters. The van der Waals surface area contributed by atoms with E-state index in [1.165, 1.54) is 16.2 Å². The number of carbonyl (C=O) groups excluding carboxylic acids is 3. The predicted molar refractivity (Wildman–Crippen MR) is 154 cm³/mol. The van der Waals surface area contributed by atoms with Crippen molar-refractivity contribution in [1.82, 2.24) is 9.88 Å². The van der Waals surface area contributed by atoms with Gasteiger partial charge in [-0.1, -0.05) is 42.5 Å². The van der Waals surface area contributed by atoms with Crippen LogP contribution in [0, 0.1) is 11.8 Å². The van der Waals surface area contributed by atoms with Crippen LogP contribution in [0.3, 0.4) is 0 Å². The number of primary amides is 1. The number of thiazole rings is 1. The summed E-state index contributed by atoms with van der Waals surface area (Å²) in [7, 11) is 3.19. The van der Waals surface area contributed by atoms with E-state index in [9.17, 15) is 34.8 Å². The van der Waals surface area contributed by atoms with Gasteiger partial charge in [0, 0.05) is 34.4 Å². The first-order chi connectivity index (χ1) is 19.9. The van der Waals surface area contributed by atoms with E-state index in [-0.39, 0.29) is 36.1 Å². The van der Waals surface area contributed by atoms with E-state index >= 15 is 0 Å². The fourth-order valence-electron chi connectivity index (χ4n) is 6.71. The first-order valence-electron chi connectivity index (χ1n) is 13.4. The summed E-state index contributed by atoms with van der Waals surface area (Å²) >= 11 is 1.43. The van der Waals surface area contributed by atoms with Gasteiger partial charge in [-0.15, -0.1) is 11.3 Å². The lowest BCUT2D eigenvalue weighted by Gasteiger charge is -2.50. The van der Waals surface area contributed by atoms with Crippen LogP contribution in [0.5, 0.6) is 5.75 Å². The third-order valence-corrected chi connectivity index (χ3v) is 9.49. The smallest absolute Gasteiger partial charge is 0.255 e. The second kappa shape index (κ2) is 9.90. The molecular weight excluding hydrogens is 558 g/mol. The second-order valence-corrected chi connectivity index (χ2v) is 12.2. The van der Waals surface area contributed by atoms with Crippen molar-refractivity contribution in [3.05, 3.63) is 92.2 Å². The Morgan fingerprint density at radius 1 is 1.12 bits per heavy atom. The fourth-order valence-corrected chi connectivity index (χ4v) is 7.53. The van der Waals surface area contributed by atoms with Crippen LogP contribution >= 0.6 is 11.3 Å². The van der Waals surface area contributed by atoms with Gasteiger partial charge in [-0.2, -0.15) is 0 Å². The molecule has 216 valence electrons. The average Bonchev–Trinajstić information content (AvgIpc) is 3.41. The lowest BCUT2D eigenvalue weighted by Crippen LogP contribution is -2.63. The van der Waals surface area contributed by atoms with E-state index in [4.69, 9.17) is 5.73 Å². The minimum Gasteiger partial charge on any atom is -0.510 e. The van der Waals surface area contributed by atoms with Gasteiger partial charge in [0.25, 0.3) is 5.91 Å². The molecule has 6 rings (SSSR count). The Bertz CT molecular complexity index is 1730. The molecule has 10 nitrogen and oxygen atoms in total. The Morgan fingerprint density at radius 3 is 2.50 bits per heavy atom. The minimum atomic E-state index is -2.66. The van der Waals surface area contributed by atoms with E-state index in [2.05, 4.69) is 4.98 Å². The number of carbonyl (C=O) groups is 3. The van der Waals surface area contributed by atoms with Gasteiger partial charge in [0.05, 0.1) is 22.3 Å². The molecule has 3 aromatic rings. The van der Waals surface area contributed by atoms with Crippen LogP contribution < -0.4 is 5.73 Å². The number of likely N-dealkylation sites (N-methyl/N-ethyl adjacent to an activating group) is 1. The number of aromatic nitrogens is 1. The van der Waals surface area contributed by atoms with Crippen LogP contribution in [0.2, 0.25) is 0 Å². The number of ketones is 2. The number of aromatic hydroxyl groups is 1. The van der Waals surface area contributed by atoms with Gasteiger partial charge in [-0.25, -0.2) is 4.98 Å². The van der Waals surface area contributed by atoms with Gasteiger partial charge >= 0.3 is 0 Å². The van der Waals surface area contributed by atoms with Crippen LogP contribution in [0.25, 0.3) is 11.3 Å². The number of hydrogen-bond donors (Lipinski definition) is 5. The van der Waals surface area contributed by atoms with E-state index in [0.29, 0.717) is 11.1 Å². The number of aliphatic hydroxyl groups excluding tert-OH is 2. The molecule has 0 bridgehead atoms. The number of Topliss-reactive ketones (excluding diaryl/α,β-unsaturated/α-hetero) is 2. The molecule has 0 fully saturated rings. The van der Waals surface area contributed by atoms with Gasteiger partial charge in [-0.3, -0.25) is 19.3 Å². The molecule has 1 aromatic heterocycles. The molecule has 0 saturated heterocycles. The van der Waals surface area contributed by atoms with Crippen molar-refractivity contribution in [3.8, 4) is 17.0 Å². The Labute approximate surface area is 245 Å². The standard InChI is InChI=1S/C31H29N3O7S/c1-34(2)24-18-11-17-10-15-8-9-16(12-20-33-19(13-42-20)14-6-4-3-5-7-14)25(35)21(15)26(36)22(17)28(38)31(18,41)29(39)23(27(24)37)30(32)40/h3-9,13,17-18,24,35,37-38,41H,10-12H2,1-2H3,(H2,32,40)/t17-,18-,24-,31-/m0/s1. The lowest BCUT2D eigenvalue weighted by molar-refractivity contribution is -0.148. The number of hydrogen-bond acceptors (Lipinski definition) is 10. The highest BCUT2D eigenvalue weighted by Gasteiger charge is 2.63. The Morgan fingerprint density at radius 2 is 1.83 bits per heavy atom. The third-order valence-electron chi connectivity index (χ3n) is 8.64. The topological polar surface area (TPSA) is 174 Å². The summed E-state index contributed by atoms with van der Waals surface area (Å²) in [6.07, 6.45) is 0.562. The van der Waals surface area contributed by atoms with Crippen molar-refractivity contribution in [3.63, 3.8) is 0 Å². The summed E-state index contributed by atoms with van der Waals surface area (Å²) in [5, 5.41) is 48.0. The number of aliphatic hydroxyl groups is 3. The quantitative estimate of drug-likeness (QED) is 0.281. The Hall–Kier alpha value is -4.32. The van der Waals surface area contributed by atoms with Crippen molar-refractivity contribution in [1.29, 1.82) is 0 Å². The number of nitrogens with two attached hydrogens (primary N) is 1. The number of phenols is 1. The highest BCUT2D eigenvalue weighted by molar-refractivity contribution is 7.10. The Balaban J connectivity index is 1.40. The Kier molecular flexibility index (Phi) is 6.56. The van der Waals surface area contributed by atoms with E-state index < -0.39 is 58.0 Å². The molecule has 0 saturated carbocycles. The first-order valence-corrected chi connectivity index (χ1v) is 14.3. The van der Waals surface area contributed by atoms with Gasteiger partial charge in [0.15, 0.2) is 11.4 Å². The molecule has 0 spiro atoms. The normalized spacial score (nSPS) is 25.4. The third kappa shape index (κ3) is 3.99. The number of phenolic OH excluding ortho intramolecular Hbond substituents is 1. The maximum Gasteiger partial charge on any atom is 0.255 e. The SMILES string of the molecule is CN(C)[C@@H]1C(O)=C(C(N)=O)C(=O)[C@@]2(O)C(O)=C3C(=O)c4c(ccc(Cc5nc(-c6ccccc6)cs5)c4O)C[C@H]3C[C@@H]12. The van der Waals surface area contributed by atoms with E-state index in [1.54, 1.807) is 26.2 Å². The summed E-state index contributed by atoms with van der Waals surface area (Å²) in [5.74, 6) is -6.59. The van der Waals surface area contributed by atoms with E-state index in [0.717, 1.165) is 16.3 Å². The van der Waals surface area contributed by atoms with Gasteiger partial charge in [0.1, 0.15) is 22.8 Å². The molecule has 3 aliphatic rings. The molecule has 0 aliphatic heterocycles. The van der Waals surface area contributed by atoms with Gasteiger partial charge < -0.3 is 26.2 Å². The number of rotatable bonds is 5. The molecule has 0 radical (unpaired) electrons. The lowest BCUT2D eigenvalue weighted by atomic mass is 9.58. The fraction of sp³-hybridized carbons (Fsp3) is 0.290. The maximum atomic E-state index is 13.9. The van der Waals surface area contributed by atoms with Crippen molar-refractivity contribution in [2.75, 3.05) is 14.1 Å². The highest BCUT2D eigenvalue weighted by Crippen LogP contribution is 2.52. The summed E-state index contributed by atoms with van der Waals surface area (Å²) in [4.78, 5) is 45.7. The first kappa shape index (κ1) is 27.8. The zero-order chi connectivity index (χ0) is 30.1. The van der Waals surface area contributed by atoms with Crippen LogP contribution in [0.1, 0.15) is 32.9 Å². The summed E-state index contributed by atoms with van der Waals surface area (Å²) < 4.78 is 0. The molecule has 4 atom stereocenters. The number of fused-ring (bicyclic) bond motifs is 3. The monoisotopic (exact) mass is 587 g/mol. The van der Waals surface area contributed by atoms with E-state index in [1.807, 2.05) is 35.7 Å². The van der Waals surface area contributed by atoms with Crippen LogP contribution in [0.15, 0.2) is 70.5 Å². The van der Waals surface area contributed by atoms with Crippen LogP contribution in [-0.4, -0.2) is 73.5 Å². The van der Waals surface area contributed by atoms with Crippen molar-refractivity contribution >= 4 is 28.8 Å².